The van der Waals surface area contributed by atoms with Crippen LogP contribution < -0.4 is 5.32 Å². The maximum absolute atomic E-state index is 5.19. The van der Waals surface area contributed by atoms with E-state index in [9.17, 15) is 0 Å². The van der Waals surface area contributed by atoms with Crippen LogP contribution in [-0.2, 0) is 6.54 Å². The van der Waals surface area contributed by atoms with E-state index in [1.807, 2.05) is 20.9 Å². The lowest BCUT2D eigenvalue weighted by atomic mass is 10.2. The number of hydrogen-bond donors (Lipinski definition) is 1. The Morgan fingerprint density at radius 1 is 1.52 bits per heavy atom. The highest BCUT2D eigenvalue weighted by Gasteiger charge is 2.21. The molecule has 0 spiro atoms. The summed E-state index contributed by atoms with van der Waals surface area (Å²) in [4.78, 5) is 6.76. The molecule has 0 aliphatic carbocycles. The molecule has 21 heavy (non-hydrogen) atoms. The van der Waals surface area contributed by atoms with Gasteiger partial charge >= 0.3 is 0 Å². The van der Waals surface area contributed by atoms with E-state index >= 15 is 0 Å². The molecule has 0 aromatic carbocycles. The number of aromatic nitrogens is 1. The Labute approximate surface area is 148 Å². The predicted molar refractivity (Wildman–Crippen MR) is 99.7 cm³/mol. The Balaban J connectivity index is 0.00000220. The number of halogens is 1. The average molecular weight is 424 g/mol. The molecular formula is C14H25IN4OS. The van der Waals surface area contributed by atoms with Gasteiger partial charge in [0.05, 0.1) is 5.69 Å². The molecule has 1 aromatic heterocycles. The van der Waals surface area contributed by atoms with Gasteiger partial charge in [-0.3, -0.25) is 4.99 Å². The van der Waals surface area contributed by atoms with Crippen LogP contribution in [0.15, 0.2) is 9.52 Å². The van der Waals surface area contributed by atoms with Gasteiger partial charge < -0.3 is 14.7 Å². The number of aliphatic imine (C=N–C) groups is 1. The van der Waals surface area contributed by atoms with Crippen LogP contribution in [0, 0.1) is 13.8 Å². The first-order valence-electron chi connectivity index (χ1n) is 7.14. The van der Waals surface area contributed by atoms with Crippen molar-refractivity contribution < 1.29 is 4.52 Å². The van der Waals surface area contributed by atoms with Crippen molar-refractivity contribution in [3.8, 4) is 0 Å². The van der Waals surface area contributed by atoms with E-state index in [1.54, 1.807) is 0 Å². The van der Waals surface area contributed by atoms with E-state index in [0.717, 1.165) is 36.1 Å². The summed E-state index contributed by atoms with van der Waals surface area (Å²) in [5.41, 5.74) is 2.08. The van der Waals surface area contributed by atoms with Crippen molar-refractivity contribution in [2.75, 3.05) is 25.9 Å². The molecule has 1 saturated heterocycles. The van der Waals surface area contributed by atoms with Crippen LogP contribution in [0.25, 0.3) is 0 Å². The minimum atomic E-state index is 0. The van der Waals surface area contributed by atoms with Gasteiger partial charge in [-0.2, -0.15) is 11.8 Å². The minimum absolute atomic E-state index is 0. The maximum atomic E-state index is 5.19. The van der Waals surface area contributed by atoms with Crippen molar-refractivity contribution >= 4 is 41.7 Å². The van der Waals surface area contributed by atoms with E-state index in [1.165, 1.54) is 12.2 Å². The van der Waals surface area contributed by atoms with Crippen LogP contribution in [-0.4, -0.2) is 47.2 Å². The van der Waals surface area contributed by atoms with Gasteiger partial charge in [-0.05, 0) is 20.3 Å². The Morgan fingerprint density at radius 3 is 2.86 bits per heavy atom. The lowest BCUT2D eigenvalue weighted by Gasteiger charge is -2.34. The smallest absolute Gasteiger partial charge is 0.193 e. The van der Waals surface area contributed by atoms with Crippen LogP contribution >= 0.6 is 35.7 Å². The zero-order valence-corrected chi connectivity index (χ0v) is 16.3. The van der Waals surface area contributed by atoms with Gasteiger partial charge in [0, 0.05) is 43.2 Å². The molecule has 7 heteroatoms. The summed E-state index contributed by atoms with van der Waals surface area (Å²) < 4.78 is 5.19. The van der Waals surface area contributed by atoms with E-state index in [0.29, 0.717) is 11.8 Å². The monoisotopic (exact) mass is 424 g/mol. The summed E-state index contributed by atoms with van der Waals surface area (Å²) in [6, 6.07) is 0. The third kappa shape index (κ3) is 4.77. The number of nitrogens with zero attached hydrogens (tertiary/aromatic N) is 3. The summed E-state index contributed by atoms with van der Waals surface area (Å²) >= 11 is 2.07. The number of guanidine groups is 1. The third-order valence-electron chi connectivity index (χ3n) is 3.71. The van der Waals surface area contributed by atoms with E-state index in [2.05, 4.69) is 39.1 Å². The molecular weight excluding hydrogens is 399 g/mol. The average Bonchev–Trinajstić information content (AvgIpc) is 2.79. The fourth-order valence-electron chi connectivity index (χ4n) is 2.41. The molecule has 1 aromatic rings. The van der Waals surface area contributed by atoms with Crippen LogP contribution in [0.2, 0.25) is 0 Å². The maximum Gasteiger partial charge on any atom is 0.193 e. The number of aryl methyl sites for hydroxylation is 2. The summed E-state index contributed by atoms with van der Waals surface area (Å²) in [6.07, 6.45) is 1.21. The molecule has 0 saturated carbocycles. The van der Waals surface area contributed by atoms with Gasteiger partial charge in [-0.25, -0.2) is 0 Å². The first kappa shape index (κ1) is 18.6. The first-order valence-corrected chi connectivity index (χ1v) is 8.19. The fraction of sp³-hybridized carbons (Fsp3) is 0.714. The minimum Gasteiger partial charge on any atom is -0.361 e. The topological polar surface area (TPSA) is 53.7 Å². The number of nitrogens with one attached hydrogen (secondary N) is 1. The second-order valence-electron chi connectivity index (χ2n) is 5.05. The number of hydrogen-bond acceptors (Lipinski definition) is 4. The lowest BCUT2D eigenvalue weighted by Crippen LogP contribution is -2.47. The quantitative estimate of drug-likeness (QED) is 0.460. The van der Waals surface area contributed by atoms with Gasteiger partial charge in [0.1, 0.15) is 5.76 Å². The predicted octanol–water partition coefficient (Wildman–Crippen LogP) is 2.81. The Hall–Kier alpha value is -0.440. The van der Waals surface area contributed by atoms with Gasteiger partial charge in [0.15, 0.2) is 5.96 Å². The molecule has 1 fully saturated rings. The molecule has 2 rings (SSSR count). The Bertz CT molecular complexity index is 458. The highest BCUT2D eigenvalue weighted by Crippen LogP contribution is 2.21. The normalized spacial score (nSPS) is 19.3. The van der Waals surface area contributed by atoms with Gasteiger partial charge in [0.25, 0.3) is 0 Å². The third-order valence-corrected chi connectivity index (χ3v) is 5.08. The molecule has 1 aliphatic heterocycles. The van der Waals surface area contributed by atoms with Gasteiger partial charge in [-0.15, -0.1) is 24.0 Å². The molecule has 5 nitrogen and oxygen atoms in total. The second kappa shape index (κ2) is 8.87. The highest BCUT2D eigenvalue weighted by molar-refractivity contribution is 14.0. The van der Waals surface area contributed by atoms with Crippen molar-refractivity contribution in [2.24, 2.45) is 4.99 Å². The first-order chi connectivity index (χ1) is 9.65. The van der Waals surface area contributed by atoms with Crippen molar-refractivity contribution in [1.82, 2.24) is 15.4 Å². The molecule has 1 aliphatic rings. The van der Waals surface area contributed by atoms with Crippen molar-refractivity contribution in [3.63, 3.8) is 0 Å². The van der Waals surface area contributed by atoms with Crippen LogP contribution in [0.1, 0.15) is 30.4 Å². The zero-order valence-electron chi connectivity index (χ0n) is 13.2. The summed E-state index contributed by atoms with van der Waals surface area (Å²) in [6.45, 7) is 9.02. The molecule has 0 bridgehead atoms. The van der Waals surface area contributed by atoms with Crippen LogP contribution in [0.4, 0.5) is 0 Å². The summed E-state index contributed by atoms with van der Waals surface area (Å²) in [7, 11) is 1.85. The molecule has 2 heterocycles. The van der Waals surface area contributed by atoms with Gasteiger partial charge in [0.2, 0.25) is 0 Å². The fourth-order valence-corrected chi connectivity index (χ4v) is 3.59. The lowest BCUT2D eigenvalue weighted by molar-refractivity contribution is 0.391. The van der Waals surface area contributed by atoms with E-state index in [-0.39, 0.29) is 24.0 Å². The highest BCUT2D eigenvalue weighted by atomic mass is 127. The Morgan fingerprint density at radius 2 is 2.29 bits per heavy atom. The molecule has 1 N–H and O–H groups in total. The number of thioether (sulfide) groups is 1. The largest absolute Gasteiger partial charge is 0.361 e. The second-order valence-corrected chi connectivity index (χ2v) is 6.46. The molecule has 1 unspecified atom stereocenters. The SMILES string of the molecule is CCC1CN(C(=NC)NCc2c(C)noc2C)CCS1.I. The van der Waals surface area contributed by atoms with Crippen LogP contribution in [0.5, 0.6) is 0 Å². The standard InChI is InChI=1S/C14H24N4OS.HI/c1-5-12-9-18(6-7-20-12)14(15-4)16-8-13-10(2)17-19-11(13)3;/h12H,5-9H2,1-4H3,(H,15,16);1H. The Kier molecular flexibility index (Phi) is 7.86. The number of rotatable bonds is 3. The van der Waals surface area contributed by atoms with Gasteiger partial charge in [-0.1, -0.05) is 12.1 Å². The summed E-state index contributed by atoms with van der Waals surface area (Å²) in [5, 5.41) is 8.13. The zero-order chi connectivity index (χ0) is 14.5. The van der Waals surface area contributed by atoms with Crippen LogP contribution in [0.3, 0.4) is 0 Å². The molecule has 1 atom stereocenters. The van der Waals surface area contributed by atoms with Crippen molar-refractivity contribution in [3.05, 3.63) is 17.0 Å². The van der Waals surface area contributed by atoms with E-state index in [4.69, 9.17) is 4.52 Å². The van der Waals surface area contributed by atoms with Crippen molar-refractivity contribution in [1.29, 1.82) is 0 Å². The molecule has 0 amide bonds. The van der Waals surface area contributed by atoms with Crippen molar-refractivity contribution in [2.45, 2.75) is 39.0 Å². The van der Waals surface area contributed by atoms with E-state index < -0.39 is 0 Å². The molecule has 120 valence electrons. The molecule has 0 radical (unpaired) electrons. The summed E-state index contributed by atoms with van der Waals surface area (Å²) in [5.74, 6) is 3.03.